The third-order valence-electron chi connectivity index (χ3n) is 16.1. The van der Waals surface area contributed by atoms with Gasteiger partial charge in [-0.2, -0.15) is 0 Å². The minimum absolute atomic E-state index is 0.157. The first-order valence-corrected chi connectivity index (χ1v) is 30.9. The van der Waals surface area contributed by atoms with Crippen molar-refractivity contribution in [2.75, 3.05) is 16.0 Å². The molecule has 3 amide bonds. The molecule has 0 unspecified atom stereocenters. The molecule has 468 valence electrons. The number of hydrogen-bond acceptors (Lipinski definition) is 15. The maximum absolute atomic E-state index is 12.6. The van der Waals surface area contributed by atoms with Crippen LogP contribution in [0.2, 0.25) is 0 Å². The molecule has 3 heterocycles. The van der Waals surface area contributed by atoms with Crippen molar-refractivity contribution in [3.63, 3.8) is 0 Å². The maximum atomic E-state index is 12.6. The molecule has 0 atom stereocenters. The fourth-order valence-electron chi connectivity index (χ4n) is 11.2. The summed E-state index contributed by atoms with van der Waals surface area (Å²) in [5, 5.41) is 65.6. The highest BCUT2D eigenvalue weighted by atomic mass is 16.3. The molecule has 92 heavy (non-hydrogen) atoms. The summed E-state index contributed by atoms with van der Waals surface area (Å²) in [6.07, 6.45) is 18.5. The molecule has 12 rings (SSSR count). The Balaban J connectivity index is 0.000000151. The lowest BCUT2D eigenvalue weighted by Gasteiger charge is -2.22. The summed E-state index contributed by atoms with van der Waals surface area (Å²) in [4.78, 5) is 65.8. The van der Waals surface area contributed by atoms with E-state index in [2.05, 4.69) is 30.9 Å². The SMILES string of the molecule is O=C(Cc1ccc(O)cc1)Nc1ncc(-c2ccc(O)cc2)nc1CC1CCCC1.O=C(Cc1ccc(O)cc1)Nc1ncc(-c2ccc(O)cc2)nc1CC1CCCCC1.O=C(Cc1ccc(O)cc1)Nc1ncc(-c2ccc(O)cc2)nc1Cc1ccccc1. The second-order valence-electron chi connectivity index (χ2n) is 23.2. The van der Waals surface area contributed by atoms with E-state index in [1.807, 2.05) is 54.6 Å². The molecule has 0 spiro atoms. The van der Waals surface area contributed by atoms with Crippen molar-refractivity contribution in [1.82, 2.24) is 29.9 Å². The summed E-state index contributed by atoms with van der Waals surface area (Å²) in [6, 6.07) is 50.1. The zero-order valence-corrected chi connectivity index (χ0v) is 50.8. The van der Waals surface area contributed by atoms with Crippen LogP contribution in [-0.4, -0.2) is 78.3 Å². The Bertz CT molecular complexity index is 4050. The van der Waals surface area contributed by atoms with Crippen molar-refractivity contribution in [2.24, 2.45) is 11.8 Å². The number of rotatable bonds is 18. The second kappa shape index (κ2) is 31.4. The van der Waals surface area contributed by atoms with Crippen LogP contribution in [0.5, 0.6) is 34.5 Å². The monoisotopic (exact) mass is 1230 g/mol. The molecule has 7 aromatic carbocycles. The van der Waals surface area contributed by atoms with Gasteiger partial charge in [-0.25, -0.2) is 29.9 Å². The molecule has 2 fully saturated rings. The molecule has 9 N–H and O–H groups in total. The average molecular weight is 1230 g/mol. The molecule has 0 aliphatic heterocycles. The van der Waals surface area contributed by atoms with Crippen molar-refractivity contribution < 1.29 is 45.0 Å². The van der Waals surface area contributed by atoms with Gasteiger partial charge in [0.1, 0.15) is 34.5 Å². The van der Waals surface area contributed by atoms with Gasteiger partial charge in [0, 0.05) is 23.1 Å². The van der Waals surface area contributed by atoms with Crippen LogP contribution in [-0.2, 0) is 52.9 Å². The molecule has 0 radical (unpaired) electrons. The molecule has 18 heteroatoms. The molecule has 18 nitrogen and oxygen atoms in total. The highest BCUT2D eigenvalue weighted by molar-refractivity contribution is 5.93. The Morgan fingerprint density at radius 2 is 0.620 bits per heavy atom. The molecular weight excluding hydrogens is 1160 g/mol. The first kappa shape index (κ1) is 64.0. The number of aromatic hydroxyl groups is 6. The molecule has 0 bridgehead atoms. The van der Waals surface area contributed by atoms with Crippen LogP contribution >= 0.6 is 0 Å². The number of benzene rings is 7. The number of carbonyl (C=O) groups is 3. The van der Waals surface area contributed by atoms with Gasteiger partial charge in [0.2, 0.25) is 17.7 Å². The lowest BCUT2D eigenvalue weighted by molar-refractivity contribution is -0.116. The van der Waals surface area contributed by atoms with E-state index in [1.165, 1.54) is 57.8 Å². The van der Waals surface area contributed by atoms with E-state index in [-0.39, 0.29) is 71.5 Å². The van der Waals surface area contributed by atoms with Crippen LogP contribution < -0.4 is 16.0 Å². The highest BCUT2D eigenvalue weighted by Crippen LogP contribution is 2.33. The van der Waals surface area contributed by atoms with Gasteiger partial charge in [-0.1, -0.05) is 125 Å². The number of amides is 3. The van der Waals surface area contributed by atoms with Gasteiger partial charge in [-0.3, -0.25) is 14.4 Å². The Morgan fingerprint density at radius 1 is 0.337 bits per heavy atom. The summed E-state index contributed by atoms with van der Waals surface area (Å²) >= 11 is 0. The van der Waals surface area contributed by atoms with E-state index in [1.54, 1.807) is 140 Å². The van der Waals surface area contributed by atoms with Gasteiger partial charge in [-0.05, 0) is 156 Å². The summed E-state index contributed by atoms with van der Waals surface area (Å²) in [5.41, 5.74) is 10.4. The van der Waals surface area contributed by atoms with E-state index < -0.39 is 0 Å². The topological polar surface area (TPSA) is 286 Å². The Kier molecular flexibility index (Phi) is 21.9. The Labute approximate surface area is 533 Å². The molecule has 2 aliphatic rings. The molecule has 2 aliphatic carbocycles. The van der Waals surface area contributed by atoms with Crippen molar-refractivity contribution in [3.05, 3.63) is 234 Å². The number of phenolic OH excluding ortho intramolecular Hbond substituents is 6. The standard InChI is InChI=1S/C25H27N3O3.C25H21N3O3.C24H25N3O3/c2*29-20-10-6-18(7-11-20)15-24(31)28-25-22(14-17-4-2-1-3-5-17)27-23(16-26-25)19-8-12-21(30)13-9-19;28-19-9-5-17(6-10-19)14-23(30)27-24-21(13-16-3-1-2-4-16)26-22(15-25-24)18-7-11-20(29)12-8-18/h6-13,16-17,29-30H,1-5,14-15H2,(H,26,28,31);1-13,16,29-30H,14-15H2,(H,26,28,31);5-12,15-16,28-29H,1-4,13-14H2,(H,25,27,30). The lowest BCUT2D eigenvalue weighted by atomic mass is 9.86. The minimum atomic E-state index is -0.216. The fraction of sp³-hybridized carbons (Fsp3) is 0.230. The number of hydrogen-bond donors (Lipinski definition) is 9. The van der Waals surface area contributed by atoms with Gasteiger partial charge in [-0.15, -0.1) is 0 Å². The van der Waals surface area contributed by atoms with E-state index in [4.69, 9.17) is 15.0 Å². The van der Waals surface area contributed by atoms with Crippen LogP contribution in [0.25, 0.3) is 33.8 Å². The first-order chi connectivity index (χ1) is 44.7. The summed E-state index contributed by atoms with van der Waals surface area (Å²) in [6.45, 7) is 0. The first-order valence-electron chi connectivity index (χ1n) is 30.9. The fourth-order valence-corrected chi connectivity index (χ4v) is 11.2. The van der Waals surface area contributed by atoms with E-state index in [9.17, 15) is 45.0 Å². The predicted octanol–water partition coefficient (Wildman–Crippen LogP) is 13.7. The normalized spacial score (nSPS) is 13.0. The second-order valence-corrected chi connectivity index (χ2v) is 23.2. The van der Waals surface area contributed by atoms with E-state index in [0.717, 1.165) is 74.6 Å². The quantitative estimate of drug-likeness (QED) is 0.0386. The largest absolute Gasteiger partial charge is 0.508 e. The molecule has 10 aromatic rings. The predicted molar refractivity (Wildman–Crippen MR) is 354 cm³/mol. The third-order valence-corrected chi connectivity index (χ3v) is 16.1. The number of nitrogens with zero attached hydrogens (tertiary/aromatic N) is 6. The van der Waals surface area contributed by atoms with Crippen LogP contribution in [0.3, 0.4) is 0 Å². The summed E-state index contributed by atoms with van der Waals surface area (Å²) < 4.78 is 0. The molecule has 3 aromatic heterocycles. The van der Waals surface area contributed by atoms with Gasteiger partial charge in [0.05, 0.1) is 72.0 Å². The van der Waals surface area contributed by atoms with Crippen LogP contribution in [0.15, 0.2) is 195 Å². The van der Waals surface area contributed by atoms with Crippen molar-refractivity contribution in [1.29, 1.82) is 0 Å². The summed E-state index contributed by atoms with van der Waals surface area (Å²) in [7, 11) is 0. The molecular formula is C74H73N9O9. The molecule has 0 saturated heterocycles. The van der Waals surface area contributed by atoms with Crippen LogP contribution in [0.1, 0.15) is 97.1 Å². The van der Waals surface area contributed by atoms with Crippen molar-refractivity contribution >= 4 is 35.2 Å². The lowest BCUT2D eigenvalue weighted by Crippen LogP contribution is -2.19. The number of nitrogens with one attached hydrogen (secondary N) is 3. The number of carbonyl (C=O) groups excluding carboxylic acids is 3. The maximum Gasteiger partial charge on any atom is 0.229 e. The van der Waals surface area contributed by atoms with Crippen LogP contribution in [0, 0.1) is 11.8 Å². The molecule has 2 saturated carbocycles. The summed E-state index contributed by atoms with van der Waals surface area (Å²) in [5.74, 6) is 3.09. The van der Waals surface area contributed by atoms with Gasteiger partial charge < -0.3 is 46.6 Å². The Morgan fingerprint density at radius 3 is 0.946 bits per heavy atom. The minimum Gasteiger partial charge on any atom is -0.508 e. The van der Waals surface area contributed by atoms with Gasteiger partial charge >= 0.3 is 0 Å². The smallest absolute Gasteiger partial charge is 0.229 e. The van der Waals surface area contributed by atoms with Gasteiger partial charge in [0.15, 0.2) is 17.5 Å². The van der Waals surface area contributed by atoms with Crippen molar-refractivity contribution in [3.8, 4) is 68.3 Å². The third kappa shape index (κ3) is 19.0. The number of phenols is 6. The average Bonchev–Trinajstić information content (AvgIpc) is 1.07. The van der Waals surface area contributed by atoms with Crippen LogP contribution in [0.4, 0.5) is 17.5 Å². The van der Waals surface area contributed by atoms with Gasteiger partial charge in [0.25, 0.3) is 0 Å². The zero-order chi connectivity index (χ0) is 64.2. The Hall–Kier alpha value is -11.0. The number of aromatic nitrogens is 6. The van der Waals surface area contributed by atoms with Crippen molar-refractivity contribution in [2.45, 2.75) is 96.3 Å². The highest BCUT2D eigenvalue weighted by Gasteiger charge is 2.23. The number of anilines is 3. The zero-order valence-electron chi connectivity index (χ0n) is 50.8. The van der Waals surface area contributed by atoms with E-state index in [0.29, 0.717) is 47.1 Å². The van der Waals surface area contributed by atoms with E-state index >= 15 is 0 Å².